The number of carbonyl (C=O) groups is 1. The third-order valence-corrected chi connectivity index (χ3v) is 5.72. The van der Waals surface area contributed by atoms with Crippen LogP contribution in [0.3, 0.4) is 0 Å². The Morgan fingerprint density at radius 1 is 1.13 bits per heavy atom. The van der Waals surface area contributed by atoms with Gasteiger partial charge in [-0.05, 0) is 49.8 Å². The SMILES string of the molecule is C=CCO/N=C1/CCCC(CNC(=O)c2ccccc2OC)(c2ccccc2)CC1. The van der Waals surface area contributed by atoms with Crippen molar-refractivity contribution in [2.24, 2.45) is 5.16 Å². The molecule has 1 saturated carbocycles. The molecule has 0 bridgehead atoms. The Labute approximate surface area is 178 Å². The van der Waals surface area contributed by atoms with Gasteiger partial charge in [-0.3, -0.25) is 4.79 Å². The van der Waals surface area contributed by atoms with Crippen LogP contribution in [-0.2, 0) is 10.3 Å². The second-order valence-electron chi connectivity index (χ2n) is 7.62. The van der Waals surface area contributed by atoms with E-state index in [1.165, 1.54) is 5.56 Å². The number of para-hydroxylation sites is 1. The Morgan fingerprint density at radius 2 is 1.90 bits per heavy atom. The third-order valence-electron chi connectivity index (χ3n) is 5.72. The number of rotatable bonds is 8. The highest BCUT2D eigenvalue weighted by molar-refractivity contribution is 5.97. The van der Waals surface area contributed by atoms with Crippen molar-refractivity contribution in [3.8, 4) is 5.75 Å². The molecule has 1 amide bonds. The highest BCUT2D eigenvalue weighted by Crippen LogP contribution is 2.37. The van der Waals surface area contributed by atoms with Crippen molar-refractivity contribution in [1.29, 1.82) is 0 Å². The number of amides is 1. The molecule has 0 aromatic heterocycles. The molecule has 0 heterocycles. The van der Waals surface area contributed by atoms with Gasteiger partial charge in [-0.15, -0.1) is 0 Å². The van der Waals surface area contributed by atoms with E-state index in [2.05, 4.69) is 41.3 Å². The zero-order chi connectivity index (χ0) is 21.2. The van der Waals surface area contributed by atoms with E-state index < -0.39 is 0 Å². The minimum Gasteiger partial charge on any atom is -0.496 e. The van der Waals surface area contributed by atoms with Crippen LogP contribution < -0.4 is 10.1 Å². The van der Waals surface area contributed by atoms with Crippen molar-refractivity contribution in [2.45, 2.75) is 37.5 Å². The van der Waals surface area contributed by atoms with E-state index in [1.807, 2.05) is 18.2 Å². The van der Waals surface area contributed by atoms with Crippen LogP contribution in [-0.4, -0.2) is 31.9 Å². The molecule has 5 nitrogen and oxygen atoms in total. The lowest BCUT2D eigenvalue weighted by atomic mass is 9.74. The van der Waals surface area contributed by atoms with Crippen molar-refractivity contribution in [1.82, 2.24) is 5.32 Å². The Hall–Kier alpha value is -3.08. The molecule has 0 spiro atoms. The Bertz CT molecular complexity index is 879. The van der Waals surface area contributed by atoms with Crippen LogP contribution in [0, 0.1) is 0 Å². The summed E-state index contributed by atoms with van der Waals surface area (Å²) in [7, 11) is 1.58. The Balaban J connectivity index is 1.79. The summed E-state index contributed by atoms with van der Waals surface area (Å²) in [5.74, 6) is 0.466. The highest BCUT2D eigenvalue weighted by Gasteiger charge is 2.34. The number of benzene rings is 2. The molecule has 1 atom stereocenters. The summed E-state index contributed by atoms with van der Waals surface area (Å²) < 4.78 is 5.35. The lowest BCUT2D eigenvalue weighted by Gasteiger charge is -2.33. The number of hydrogen-bond donors (Lipinski definition) is 1. The first kappa shape index (κ1) is 21.6. The van der Waals surface area contributed by atoms with Crippen LogP contribution in [0.4, 0.5) is 0 Å². The molecule has 1 aliphatic carbocycles. The average Bonchev–Trinajstić information content (AvgIpc) is 3.01. The Kier molecular flexibility index (Phi) is 7.66. The molecule has 1 unspecified atom stereocenters. The van der Waals surface area contributed by atoms with Crippen molar-refractivity contribution < 1.29 is 14.4 Å². The van der Waals surface area contributed by atoms with E-state index in [0.29, 0.717) is 24.5 Å². The fourth-order valence-electron chi connectivity index (χ4n) is 4.07. The third kappa shape index (κ3) is 5.29. The minimum atomic E-state index is -0.144. The van der Waals surface area contributed by atoms with Crippen molar-refractivity contribution in [2.75, 3.05) is 20.3 Å². The second-order valence-corrected chi connectivity index (χ2v) is 7.62. The molecule has 0 aliphatic heterocycles. The van der Waals surface area contributed by atoms with Crippen molar-refractivity contribution in [3.05, 3.63) is 78.4 Å². The standard InChI is InChI=1S/C25H30N2O3/c1-3-18-30-27-21-12-9-16-25(17-15-21,20-10-5-4-6-11-20)19-26-24(28)22-13-7-8-14-23(22)29-2/h3-8,10-11,13-14H,1,9,12,15-19H2,2H3,(H,26,28)/b27-21-. The molecule has 5 heteroatoms. The first-order valence-electron chi connectivity index (χ1n) is 10.4. The van der Waals surface area contributed by atoms with Crippen LogP contribution >= 0.6 is 0 Å². The first-order valence-corrected chi connectivity index (χ1v) is 10.4. The van der Waals surface area contributed by atoms with Crippen LogP contribution in [0.2, 0.25) is 0 Å². The molecule has 1 fully saturated rings. The monoisotopic (exact) mass is 406 g/mol. The van der Waals surface area contributed by atoms with Gasteiger partial charge in [0, 0.05) is 12.0 Å². The average molecular weight is 407 g/mol. The van der Waals surface area contributed by atoms with E-state index in [4.69, 9.17) is 9.57 Å². The second kappa shape index (κ2) is 10.6. The van der Waals surface area contributed by atoms with Gasteiger partial charge in [0.1, 0.15) is 12.4 Å². The number of oxime groups is 1. The van der Waals surface area contributed by atoms with Gasteiger partial charge in [0.15, 0.2) is 0 Å². The summed E-state index contributed by atoms with van der Waals surface area (Å²) in [6.45, 7) is 4.64. The minimum absolute atomic E-state index is 0.116. The van der Waals surface area contributed by atoms with Crippen LogP contribution in [0.15, 0.2) is 72.4 Å². The number of hydrogen-bond acceptors (Lipinski definition) is 4. The molecular formula is C25H30N2O3. The lowest BCUT2D eigenvalue weighted by molar-refractivity contribution is 0.0937. The fourth-order valence-corrected chi connectivity index (χ4v) is 4.07. The van der Waals surface area contributed by atoms with E-state index in [1.54, 1.807) is 25.3 Å². The van der Waals surface area contributed by atoms with E-state index in [0.717, 1.165) is 37.8 Å². The predicted octanol–water partition coefficient (Wildman–Crippen LogP) is 4.89. The van der Waals surface area contributed by atoms with Crippen molar-refractivity contribution >= 4 is 11.6 Å². The quantitative estimate of drug-likeness (QED) is 0.294. The first-order chi connectivity index (χ1) is 14.7. The normalized spacial score (nSPS) is 20.2. The topological polar surface area (TPSA) is 59.9 Å². The Morgan fingerprint density at radius 3 is 2.67 bits per heavy atom. The van der Waals surface area contributed by atoms with E-state index in [-0.39, 0.29) is 11.3 Å². The maximum absolute atomic E-state index is 12.9. The summed E-state index contributed by atoms with van der Waals surface area (Å²) in [6.07, 6.45) is 6.32. The number of nitrogens with one attached hydrogen (secondary N) is 1. The summed E-state index contributed by atoms with van der Waals surface area (Å²) >= 11 is 0. The molecule has 2 aromatic rings. The van der Waals surface area contributed by atoms with Gasteiger partial charge in [-0.1, -0.05) is 60.3 Å². The highest BCUT2D eigenvalue weighted by atomic mass is 16.6. The fraction of sp³-hybridized carbons (Fsp3) is 0.360. The van der Waals surface area contributed by atoms with Gasteiger partial charge in [0.05, 0.1) is 18.4 Å². The zero-order valence-electron chi connectivity index (χ0n) is 17.6. The molecule has 3 rings (SSSR count). The van der Waals surface area contributed by atoms with Gasteiger partial charge < -0.3 is 14.9 Å². The van der Waals surface area contributed by atoms with Gasteiger partial charge in [-0.2, -0.15) is 0 Å². The molecule has 158 valence electrons. The smallest absolute Gasteiger partial charge is 0.255 e. The molecule has 0 radical (unpaired) electrons. The van der Waals surface area contributed by atoms with E-state index >= 15 is 0 Å². The number of ether oxygens (including phenoxy) is 1. The summed E-state index contributed by atoms with van der Waals surface area (Å²) in [4.78, 5) is 18.2. The van der Waals surface area contributed by atoms with Gasteiger partial charge >= 0.3 is 0 Å². The summed E-state index contributed by atoms with van der Waals surface area (Å²) in [6, 6.07) is 17.8. The number of methoxy groups -OCH3 is 1. The summed E-state index contributed by atoms with van der Waals surface area (Å²) in [5.41, 5.74) is 2.73. The molecular weight excluding hydrogens is 376 g/mol. The summed E-state index contributed by atoms with van der Waals surface area (Å²) in [5, 5.41) is 7.47. The number of carbonyl (C=O) groups excluding carboxylic acids is 1. The molecule has 1 N–H and O–H groups in total. The van der Waals surface area contributed by atoms with Crippen LogP contribution in [0.25, 0.3) is 0 Å². The maximum Gasteiger partial charge on any atom is 0.255 e. The predicted molar refractivity (Wildman–Crippen MR) is 120 cm³/mol. The van der Waals surface area contributed by atoms with Gasteiger partial charge in [-0.25, -0.2) is 0 Å². The maximum atomic E-state index is 12.9. The van der Waals surface area contributed by atoms with Gasteiger partial charge in [0.2, 0.25) is 0 Å². The van der Waals surface area contributed by atoms with Crippen LogP contribution in [0.5, 0.6) is 5.75 Å². The molecule has 2 aromatic carbocycles. The van der Waals surface area contributed by atoms with Crippen molar-refractivity contribution in [3.63, 3.8) is 0 Å². The lowest BCUT2D eigenvalue weighted by Crippen LogP contribution is -2.40. The van der Waals surface area contributed by atoms with Crippen LogP contribution in [0.1, 0.15) is 48.0 Å². The zero-order valence-corrected chi connectivity index (χ0v) is 17.6. The molecule has 30 heavy (non-hydrogen) atoms. The van der Waals surface area contributed by atoms with E-state index in [9.17, 15) is 4.79 Å². The molecule has 0 saturated heterocycles. The van der Waals surface area contributed by atoms with Gasteiger partial charge in [0.25, 0.3) is 5.91 Å². The molecule has 1 aliphatic rings. The largest absolute Gasteiger partial charge is 0.496 e. The number of nitrogens with zero attached hydrogens (tertiary/aromatic N) is 1.